The van der Waals surface area contributed by atoms with Gasteiger partial charge in [0.1, 0.15) is 0 Å². The van der Waals surface area contributed by atoms with Gasteiger partial charge in [-0.05, 0) is 38.1 Å². The Morgan fingerprint density at radius 3 is 0.903 bits per heavy atom. The molecule has 0 saturated heterocycles. The van der Waals surface area contributed by atoms with Gasteiger partial charge in [-0.1, -0.05) is 154 Å². The van der Waals surface area contributed by atoms with Gasteiger partial charge < -0.3 is 5.32 Å². The molecule has 0 spiro atoms. The molecule has 0 fully saturated rings. The van der Waals surface area contributed by atoms with Crippen LogP contribution >= 0.6 is 0 Å². The number of rotatable bonds is 26. The van der Waals surface area contributed by atoms with Gasteiger partial charge in [0.05, 0.1) is 0 Å². The molecule has 1 nitrogen and oxygen atoms in total. The van der Waals surface area contributed by atoms with Crippen molar-refractivity contribution in [3.63, 3.8) is 0 Å². The fourth-order valence-electron chi connectivity index (χ4n) is 4.21. The fourth-order valence-corrected chi connectivity index (χ4v) is 4.21. The van der Waals surface area contributed by atoms with E-state index in [9.17, 15) is 0 Å². The standard InChI is InChI=1S/C30H59N/c1-3-5-7-9-11-13-15-17-19-21-23-25-27-29-31-30-28-26-24-22-20-18-16-14-12-10-8-6-4-2/h27-31H,3-26H2,1-2H3. The number of hydrogen-bond donors (Lipinski definition) is 1. The maximum absolute atomic E-state index is 3.30. The number of unbranched alkanes of at least 4 members (excludes halogenated alkanes) is 22. The molecular weight excluding hydrogens is 374 g/mol. The van der Waals surface area contributed by atoms with Crippen molar-refractivity contribution in [2.45, 2.75) is 168 Å². The van der Waals surface area contributed by atoms with E-state index in [2.05, 4.69) is 43.7 Å². The molecule has 0 aromatic rings. The van der Waals surface area contributed by atoms with E-state index in [4.69, 9.17) is 0 Å². The quantitative estimate of drug-likeness (QED) is 0.134. The van der Waals surface area contributed by atoms with Crippen LogP contribution in [0, 0.1) is 0 Å². The predicted octanol–water partition coefficient (Wildman–Crippen LogP) is 11.0. The van der Waals surface area contributed by atoms with Crippen molar-refractivity contribution in [2.24, 2.45) is 0 Å². The summed E-state index contributed by atoms with van der Waals surface area (Å²) in [5.41, 5.74) is 0. The van der Waals surface area contributed by atoms with Gasteiger partial charge in [-0.25, -0.2) is 0 Å². The second kappa shape index (κ2) is 29.3. The molecule has 1 N–H and O–H groups in total. The maximum atomic E-state index is 3.30. The average Bonchev–Trinajstić information content (AvgIpc) is 2.78. The lowest BCUT2D eigenvalue weighted by molar-refractivity contribution is 0.550. The summed E-state index contributed by atoms with van der Waals surface area (Å²) in [6.07, 6.45) is 42.6. The number of hydrogen-bond acceptors (Lipinski definition) is 1. The second-order valence-corrected chi connectivity index (χ2v) is 9.62. The lowest BCUT2D eigenvalue weighted by atomic mass is 10.1. The maximum Gasteiger partial charge on any atom is -0.00358 e. The molecule has 0 atom stereocenters. The normalized spacial score (nSPS) is 11.8. The minimum Gasteiger partial charge on any atom is -0.368 e. The van der Waals surface area contributed by atoms with Crippen LogP contribution in [0.3, 0.4) is 0 Å². The summed E-state index contributed by atoms with van der Waals surface area (Å²) in [5, 5.41) is 3.30. The Bertz CT molecular complexity index is 323. The molecule has 0 radical (unpaired) electrons. The lowest BCUT2D eigenvalue weighted by Gasteiger charge is -2.02. The first-order valence-corrected chi connectivity index (χ1v) is 14.5. The molecule has 0 aliphatic heterocycles. The summed E-state index contributed by atoms with van der Waals surface area (Å²) in [6, 6.07) is 0. The van der Waals surface area contributed by atoms with Crippen molar-refractivity contribution in [3.05, 3.63) is 24.6 Å². The van der Waals surface area contributed by atoms with Crippen molar-refractivity contribution < 1.29 is 0 Å². The number of allylic oxidation sites excluding steroid dienone is 2. The summed E-state index contributed by atoms with van der Waals surface area (Å²) >= 11 is 0. The van der Waals surface area contributed by atoms with E-state index in [1.165, 1.54) is 154 Å². The van der Waals surface area contributed by atoms with Crippen LogP contribution in [0.4, 0.5) is 0 Å². The van der Waals surface area contributed by atoms with Crippen LogP contribution in [0.1, 0.15) is 168 Å². The first-order valence-electron chi connectivity index (χ1n) is 14.5. The zero-order valence-electron chi connectivity index (χ0n) is 21.8. The van der Waals surface area contributed by atoms with Crippen LogP contribution in [0.25, 0.3) is 0 Å². The summed E-state index contributed by atoms with van der Waals surface area (Å²) in [4.78, 5) is 0. The zero-order chi connectivity index (χ0) is 22.5. The van der Waals surface area contributed by atoms with Gasteiger partial charge in [0.25, 0.3) is 0 Å². The fraction of sp³-hybridized carbons (Fsp3) is 0.867. The highest BCUT2D eigenvalue weighted by Crippen LogP contribution is 2.13. The Balaban J connectivity index is 3.14. The molecule has 31 heavy (non-hydrogen) atoms. The van der Waals surface area contributed by atoms with Gasteiger partial charge in [0, 0.05) is 0 Å². The van der Waals surface area contributed by atoms with Gasteiger partial charge in [-0.3, -0.25) is 0 Å². The Morgan fingerprint density at radius 1 is 0.355 bits per heavy atom. The average molecular weight is 434 g/mol. The molecule has 0 aliphatic rings. The minimum atomic E-state index is 1.22. The van der Waals surface area contributed by atoms with Gasteiger partial charge in [-0.2, -0.15) is 0 Å². The molecule has 0 aromatic carbocycles. The summed E-state index contributed by atoms with van der Waals surface area (Å²) in [7, 11) is 0. The van der Waals surface area contributed by atoms with Gasteiger partial charge in [-0.15, -0.1) is 0 Å². The Morgan fingerprint density at radius 2 is 0.613 bits per heavy atom. The first kappa shape index (κ1) is 30.3. The van der Waals surface area contributed by atoms with Crippen molar-refractivity contribution in [1.29, 1.82) is 0 Å². The SMILES string of the molecule is CCCCCCCCCCCCCC=CNC=CCCCCCCCCCCCCC. The van der Waals surface area contributed by atoms with E-state index in [-0.39, 0.29) is 0 Å². The first-order chi connectivity index (χ1) is 15.4. The molecule has 0 aliphatic carbocycles. The zero-order valence-corrected chi connectivity index (χ0v) is 21.8. The van der Waals surface area contributed by atoms with Crippen LogP contribution in [0.2, 0.25) is 0 Å². The number of nitrogens with one attached hydrogen (secondary N) is 1. The minimum absolute atomic E-state index is 1.22. The summed E-state index contributed by atoms with van der Waals surface area (Å²) in [6.45, 7) is 4.59. The van der Waals surface area contributed by atoms with Crippen LogP contribution in [-0.4, -0.2) is 0 Å². The largest absolute Gasteiger partial charge is 0.368 e. The van der Waals surface area contributed by atoms with Crippen molar-refractivity contribution in [1.82, 2.24) is 5.32 Å². The molecule has 0 amide bonds. The third kappa shape index (κ3) is 29.3. The van der Waals surface area contributed by atoms with Crippen molar-refractivity contribution >= 4 is 0 Å². The molecular formula is C30H59N. The van der Waals surface area contributed by atoms with Gasteiger partial charge in [0.2, 0.25) is 0 Å². The Kier molecular flexibility index (Phi) is 28.6. The summed E-state index contributed by atoms with van der Waals surface area (Å²) < 4.78 is 0. The van der Waals surface area contributed by atoms with Crippen LogP contribution < -0.4 is 5.32 Å². The molecule has 0 bridgehead atoms. The van der Waals surface area contributed by atoms with Crippen LogP contribution in [0.15, 0.2) is 24.6 Å². The molecule has 0 unspecified atom stereocenters. The van der Waals surface area contributed by atoms with E-state index in [0.717, 1.165) is 0 Å². The highest BCUT2D eigenvalue weighted by Gasteiger charge is 1.93. The van der Waals surface area contributed by atoms with E-state index >= 15 is 0 Å². The van der Waals surface area contributed by atoms with Gasteiger partial charge >= 0.3 is 0 Å². The van der Waals surface area contributed by atoms with E-state index < -0.39 is 0 Å². The third-order valence-electron chi connectivity index (χ3n) is 6.38. The molecule has 0 aromatic heterocycles. The smallest absolute Gasteiger partial charge is 0.00358 e. The Labute approximate surface area is 197 Å². The monoisotopic (exact) mass is 433 g/mol. The van der Waals surface area contributed by atoms with Crippen LogP contribution in [-0.2, 0) is 0 Å². The highest BCUT2D eigenvalue weighted by molar-refractivity contribution is 4.88. The molecule has 1 heteroatoms. The molecule has 0 heterocycles. The molecule has 184 valence electrons. The van der Waals surface area contributed by atoms with E-state index in [1.54, 1.807) is 0 Å². The molecule has 0 rings (SSSR count). The van der Waals surface area contributed by atoms with Crippen molar-refractivity contribution in [3.8, 4) is 0 Å². The van der Waals surface area contributed by atoms with Crippen LogP contribution in [0.5, 0.6) is 0 Å². The summed E-state index contributed by atoms with van der Waals surface area (Å²) in [5.74, 6) is 0. The topological polar surface area (TPSA) is 12.0 Å². The second-order valence-electron chi connectivity index (χ2n) is 9.62. The highest BCUT2D eigenvalue weighted by atomic mass is 14.8. The van der Waals surface area contributed by atoms with E-state index in [1.807, 2.05) is 0 Å². The molecule has 0 saturated carbocycles. The third-order valence-corrected chi connectivity index (χ3v) is 6.38. The van der Waals surface area contributed by atoms with Gasteiger partial charge in [0.15, 0.2) is 0 Å². The van der Waals surface area contributed by atoms with Crippen molar-refractivity contribution in [2.75, 3.05) is 0 Å². The lowest BCUT2D eigenvalue weighted by Crippen LogP contribution is -1.91. The predicted molar refractivity (Wildman–Crippen MR) is 144 cm³/mol. The Hall–Kier alpha value is -0.720. The van der Waals surface area contributed by atoms with E-state index in [0.29, 0.717) is 0 Å².